The van der Waals surface area contributed by atoms with Crippen molar-refractivity contribution in [2.24, 2.45) is 13.0 Å². The first kappa shape index (κ1) is 15.1. The molecule has 1 saturated carbocycles. The Morgan fingerprint density at radius 3 is 2.88 bits per heavy atom. The molecular formula is C18H21N3O3. The summed E-state index contributed by atoms with van der Waals surface area (Å²) in [5, 5.41) is 7.49. The molecule has 0 saturated heterocycles. The topological polar surface area (TPSA) is 65.4 Å². The average molecular weight is 327 g/mol. The van der Waals surface area contributed by atoms with E-state index in [9.17, 15) is 4.79 Å². The van der Waals surface area contributed by atoms with Gasteiger partial charge in [-0.05, 0) is 37.0 Å². The average Bonchev–Trinajstić information content (AvgIpc) is 3.36. The number of ether oxygens (including phenoxy) is 2. The summed E-state index contributed by atoms with van der Waals surface area (Å²) in [5.74, 6) is 2.02. The van der Waals surface area contributed by atoms with E-state index in [1.54, 1.807) is 10.9 Å². The first-order valence-corrected chi connectivity index (χ1v) is 8.42. The van der Waals surface area contributed by atoms with Crippen LogP contribution >= 0.6 is 0 Å². The van der Waals surface area contributed by atoms with Crippen molar-refractivity contribution in [1.82, 2.24) is 15.1 Å². The molecule has 6 heteroatoms. The van der Waals surface area contributed by atoms with Crippen molar-refractivity contribution in [3.8, 4) is 22.8 Å². The minimum absolute atomic E-state index is 0.0721. The van der Waals surface area contributed by atoms with Gasteiger partial charge in [-0.2, -0.15) is 5.10 Å². The van der Waals surface area contributed by atoms with Gasteiger partial charge in [-0.3, -0.25) is 9.48 Å². The van der Waals surface area contributed by atoms with E-state index in [4.69, 9.17) is 9.47 Å². The minimum atomic E-state index is -0.0721. The number of fused-ring (bicyclic) bond motifs is 1. The molecule has 1 aromatic heterocycles. The zero-order valence-corrected chi connectivity index (χ0v) is 13.7. The van der Waals surface area contributed by atoms with E-state index in [0.29, 0.717) is 36.1 Å². The van der Waals surface area contributed by atoms with E-state index in [0.717, 1.165) is 24.3 Å². The van der Waals surface area contributed by atoms with E-state index in [2.05, 4.69) is 10.4 Å². The van der Waals surface area contributed by atoms with Crippen LogP contribution in [0.1, 0.15) is 29.6 Å². The number of aryl methyl sites for hydroxylation is 1. The molecule has 1 aliphatic carbocycles. The van der Waals surface area contributed by atoms with Gasteiger partial charge in [0.1, 0.15) is 5.69 Å². The van der Waals surface area contributed by atoms with Gasteiger partial charge in [0.05, 0.1) is 18.8 Å². The maximum atomic E-state index is 12.5. The van der Waals surface area contributed by atoms with Gasteiger partial charge in [0.2, 0.25) is 0 Å². The Morgan fingerprint density at radius 2 is 2.08 bits per heavy atom. The summed E-state index contributed by atoms with van der Waals surface area (Å²) in [5.41, 5.74) is 2.12. The molecule has 0 bridgehead atoms. The third-order valence-corrected chi connectivity index (χ3v) is 4.34. The van der Waals surface area contributed by atoms with Crippen molar-refractivity contribution in [3.05, 3.63) is 30.0 Å². The van der Waals surface area contributed by atoms with Crippen molar-refractivity contribution >= 4 is 5.91 Å². The Balaban J connectivity index is 1.63. The maximum absolute atomic E-state index is 12.5. The molecule has 0 unspecified atom stereocenters. The molecule has 2 aromatic rings. The highest BCUT2D eigenvalue weighted by Gasteiger charge is 2.24. The van der Waals surface area contributed by atoms with Crippen LogP contribution in [-0.4, -0.2) is 35.4 Å². The van der Waals surface area contributed by atoms with Crippen LogP contribution in [-0.2, 0) is 7.05 Å². The molecule has 0 spiro atoms. The number of benzene rings is 1. The number of hydrogen-bond donors (Lipinski definition) is 1. The van der Waals surface area contributed by atoms with E-state index in [-0.39, 0.29) is 5.91 Å². The molecule has 0 atom stereocenters. The molecule has 1 aromatic carbocycles. The fourth-order valence-electron chi connectivity index (χ4n) is 2.83. The second kappa shape index (κ2) is 6.19. The fourth-order valence-corrected chi connectivity index (χ4v) is 2.83. The highest BCUT2D eigenvalue weighted by Crippen LogP contribution is 2.35. The molecular weight excluding hydrogens is 306 g/mol. The molecule has 1 N–H and O–H groups in total. The lowest BCUT2D eigenvalue weighted by atomic mass is 10.1. The van der Waals surface area contributed by atoms with Crippen LogP contribution < -0.4 is 14.8 Å². The Hall–Kier alpha value is -2.50. The van der Waals surface area contributed by atoms with Crippen molar-refractivity contribution in [3.63, 3.8) is 0 Å². The summed E-state index contributed by atoms with van der Waals surface area (Å²) in [6.45, 7) is 2.03. The van der Waals surface area contributed by atoms with Crippen LogP contribution in [0, 0.1) is 5.92 Å². The number of aromatic nitrogens is 2. The minimum Gasteiger partial charge on any atom is -0.490 e. The first-order valence-electron chi connectivity index (χ1n) is 8.42. The summed E-state index contributed by atoms with van der Waals surface area (Å²) in [4.78, 5) is 12.5. The molecule has 1 aliphatic heterocycles. The van der Waals surface area contributed by atoms with Gasteiger partial charge in [0, 0.05) is 31.8 Å². The van der Waals surface area contributed by atoms with E-state index < -0.39 is 0 Å². The van der Waals surface area contributed by atoms with Crippen molar-refractivity contribution in [1.29, 1.82) is 0 Å². The van der Waals surface area contributed by atoms with Crippen LogP contribution in [0.4, 0.5) is 0 Å². The molecule has 4 rings (SSSR count). The molecule has 2 heterocycles. The van der Waals surface area contributed by atoms with Gasteiger partial charge < -0.3 is 14.8 Å². The molecule has 24 heavy (non-hydrogen) atoms. The van der Waals surface area contributed by atoms with Crippen molar-refractivity contribution in [2.45, 2.75) is 19.3 Å². The third-order valence-electron chi connectivity index (χ3n) is 4.34. The largest absolute Gasteiger partial charge is 0.490 e. The van der Waals surface area contributed by atoms with E-state index in [1.807, 2.05) is 25.2 Å². The smallest absolute Gasteiger partial charge is 0.255 e. The second-order valence-electron chi connectivity index (χ2n) is 6.43. The number of nitrogens with zero attached hydrogens (tertiary/aromatic N) is 2. The van der Waals surface area contributed by atoms with Crippen LogP contribution in [0.5, 0.6) is 11.5 Å². The standard InChI is InChI=1S/C18H21N3O3/c1-21-11-14(18(22)19-10-12-3-4-12)17(20-21)13-5-6-15-16(9-13)24-8-2-7-23-15/h5-6,9,11-12H,2-4,7-8,10H2,1H3,(H,19,22). The monoisotopic (exact) mass is 327 g/mol. The Morgan fingerprint density at radius 1 is 1.29 bits per heavy atom. The lowest BCUT2D eigenvalue weighted by Crippen LogP contribution is -2.25. The van der Waals surface area contributed by atoms with Crippen molar-refractivity contribution in [2.75, 3.05) is 19.8 Å². The van der Waals surface area contributed by atoms with Crippen LogP contribution in [0.2, 0.25) is 0 Å². The Kier molecular flexibility index (Phi) is 3.88. The first-order chi connectivity index (χ1) is 11.7. The summed E-state index contributed by atoms with van der Waals surface area (Å²) in [6.07, 6.45) is 5.05. The lowest BCUT2D eigenvalue weighted by molar-refractivity contribution is 0.0952. The van der Waals surface area contributed by atoms with Gasteiger partial charge in [0.15, 0.2) is 11.5 Å². The number of carbonyl (C=O) groups excluding carboxylic acids is 1. The molecule has 2 aliphatic rings. The highest BCUT2D eigenvalue weighted by atomic mass is 16.5. The number of hydrogen-bond acceptors (Lipinski definition) is 4. The predicted octanol–water partition coefficient (Wildman–Crippen LogP) is 2.39. The normalized spacial score (nSPS) is 16.5. The number of nitrogens with one attached hydrogen (secondary N) is 1. The van der Waals surface area contributed by atoms with Crippen LogP contribution in [0.3, 0.4) is 0 Å². The zero-order chi connectivity index (χ0) is 16.5. The second-order valence-corrected chi connectivity index (χ2v) is 6.43. The molecule has 6 nitrogen and oxygen atoms in total. The Bertz CT molecular complexity index is 765. The predicted molar refractivity (Wildman–Crippen MR) is 89.3 cm³/mol. The number of amides is 1. The highest BCUT2D eigenvalue weighted by molar-refractivity contribution is 5.99. The number of carbonyl (C=O) groups is 1. The van der Waals surface area contributed by atoms with Crippen LogP contribution in [0.15, 0.2) is 24.4 Å². The molecule has 126 valence electrons. The number of rotatable bonds is 4. The van der Waals surface area contributed by atoms with Crippen LogP contribution in [0.25, 0.3) is 11.3 Å². The van der Waals surface area contributed by atoms with Gasteiger partial charge in [-0.1, -0.05) is 0 Å². The summed E-state index contributed by atoms with van der Waals surface area (Å²) >= 11 is 0. The van der Waals surface area contributed by atoms with Gasteiger partial charge in [0.25, 0.3) is 5.91 Å². The molecule has 1 amide bonds. The van der Waals surface area contributed by atoms with Gasteiger partial charge >= 0.3 is 0 Å². The Labute approximate surface area is 140 Å². The summed E-state index contributed by atoms with van der Waals surface area (Å²) in [6, 6.07) is 5.71. The van der Waals surface area contributed by atoms with E-state index in [1.165, 1.54) is 12.8 Å². The zero-order valence-electron chi connectivity index (χ0n) is 13.7. The SMILES string of the molecule is Cn1cc(C(=O)NCC2CC2)c(-c2ccc3c(c2)OCCCO3)n1. The molecule has 1 fully saturated rings. The summed E-state index contributed by atoms with van der Waals surface area (Å²) in [7, 11) is 1.82. The maximum Gasteiger partial charge on any atom is 0.255 e. The molecule has 0 radical (unpaired) electrons. The lowest BCUT2D eigenvalue weighted by Gasteiger charge is -2.09. The quantitative estimate of drug-likeness (QED) is 0.936. The van der Waals surface area contributed by atoms with Gasteiger partial charge in [-0.15, -0.1) is 0 Å². The fraction of sp³-hybridized carbons (Fsp3) is 0.444. The van der Waals surface area contributed by atoms with E-state index >= 15 is 0 Å². The van der Waals surface area contributed by atoms with Gasteiger partial charge in [-0.25, -0.2) is 0 Å². The third kappa shape index (κ3) is 3.09. The van der Waals surface area contributed by atoms with Crippen molar-refractivity contribution < 1.29 is 14.3 Å². The summed E-state index contributed by atoms with van der Waals surface area (Å²) < 4.78 is 13.1.